The molecule has 2 aliphatic rings. The number of fused-ring (bicyclic) bond motifs is 2. The van der Waals surface area contributed by atoms with E-state index in [1.807, 2.05) is 11.6 Å². The summed E-state index contributed by atoms with van der Waals surface area (Å²) in [5.74, 6) is 0.481. The highest BCUT2D eigenvalue weighted by molar-refractivity contribution is 6.27. The second kappa shape index (κ2) is 8.89. The molecule has 0 aliphatic heterocycles. The van der Waals surface area contributed by atoms with E-state index < -0.39 is 0 Å². The van der Waals surface area contributed by atoms with E-state index in [1.54, 1.807) is 24.3 Å². The monoisotopic (exact) mass is 390 g/mol. The molecule has 0 amide bonds. The van der Waals surface area contributed by atoms with Crippen LogP contribution in [0.15, 0.2) is 29.8 Å². The zero-order valence-corrected chi connectivity index (χ0v) is 17.4. The van der Waals surface area contributed by atoms with E-state index in [2.05, 4.69) is 11.1 Å². The summed E-state index contributed by atoms with van der Waals surface area (Å²) >= 11 is 0. The average molecular weight is 391 g/mol. The molecule has 1 fully saturated rings. The summed E-state index contributed by atoms with van der Waals surface area (Å²) in [4.78, 5) is 30.5. The van der Waals surface area contributed by atoms with Gasteiger partial charge in [-0.3, -0.25) is 9.59 Å². The van der Waals surface area contributed by atoms with Crippen molar-refractivity contribution in [2.24, 2.45) is 7.05 Å². The predicted octanol–water partition coefficient (Wildman–Crippen LogP) is 5.88. The second-order valence-corrected chi connectivity index (χ2v) is 8.41. The lowest BCUT2D eigenvalue weighted by molar-refractivity contribution is 0.0971. The normalized spacial score (nSPS) is 18.4. The Labute approximate surface area is 173 Å². The molecule has 4 heteroatoms. The zero-order chi connectivity index (χ0) is 20.2. The molecule has 4 rings (SSSR count). The van der Waals surface area contributed by atoms with E-state index in [1.165, 1.54) is 63.4 Å². The Morgan fingerprint density at radius 1 is 0.793 bits per heavy atom. The number of aromatic nitrogens is 2. The van der Waals surface area contributed by atoms with E-state index in [0.717, 1.165) is 18.7 Å². The van der Waals surface area contributed by atoms with Gasteiger partial charge in [0.1, 0.15) is 17.2 Å². The largest absolute Gasteiger partial charge is 0.324 e. The van der Waals surface area contributed by atoms with Crippen LogP contribution in [-0.2, 0) is 7.05 Å². The number of benzene rings is 1. The molecule has 0 saturated heterocycles. The van der Waals surface area contributed by atoms with Crippen molar-refractivity contribution in [3.05, 3.63) is 58.2 Å². The zero-order valence-electron chi connectivity index (χ0n) is 17.4. The summed E-state index contributed by atoms with van der Waals surface area (Å²) in [6.45, 7) is 0. The van der Waals surface area contributed by atoms with E-state index in [9.17, 15) is 9.59 Å². The summed E-state index contributed by atoms with van der Waals surface area (Å²) in [5.41, 5.74) is 3.07. The van der Waals surface area contributed by atoms with Gasteiger partial charge < -0.3 is 4.57 Å². The van der Waals surface area contributed by atoms with Crippen molar-refractivity contribution in [3.8, 4) is 0 Å². The van der Waals surface area contributed by atoms with Crippen LogP contribution in [0.3, 0.4) is 0 Å². The number of imidazole rings is 1. The van der Waals surface area contributed by atoms with Gasteiger partial charge >= 0.3 is 0 Å². The third-order valence-electron chi connectivity index (χ3n) is 6.31. The van der Waals surface area contributed by atoms with Crippen molar-refractivity contribution in [2.75, 3.05) is 0 Å². The molecule has 1 saturated carbocycles. The fraction of sp³-hybridized carbons (Fsp3) is 0.480. The van der Waals surface area contributed by atoms with E-state index in [-0.39, 0.29) is 11.6 Å². The first-order chi connectivity index (χ1) is 14.2. The number of hydrogen-bond acceptors (Lipinski definition) is 3. The lowest BCUT2D eigenvalue weighted by Crippen LogP contribution is -2.22. The van der Waals surface area contributed by atoms with Gasteiger partial charge in [0.2, 0.25) is 11.6 Å². The Morgan fingerprint density at radius 3 is 1.90 bits per heavy atom. The summed E-state index contributed by atoms with van der Waals surface area (Å²) in [6.07, 6.45) is 16.0. The first-order valence-electron chi connectivity index (χ1n) is 11.1. The van der Waals surface area contributed by atoms with Crippen molar-refractivity contribution < 1.29 is 9.59 Å². The van der Waals surface area contributed by atoms with E-state index in [0.29, 0.717) is 22.5 Å². The molecular weight excluding hydrogens is 360 g/mol. The summed E-state index contributed by atoms with van der Waals surface area (Å²) < 4.78 is 1.81. The molecule has 1 aromatic heterocycles. The van der Waals surface area contributed by atoms with Crippen molar-refractivity contribution in [2.45, 2.75) is 70.6 Å². The van der Waals surface area contributed by atoms with Gasteiger partial charge in [0.05, 0.1) is 0 Å². The summed E-state index contributed by atoms with van der Waals surface area (Å²) in [6, 6.07) is 7.06. The van der Waals surface area contributed by atoms with Gasteiger partial charge in [0.15, 0.2) is 0 Å². The fourth-order valence-electron chi connectivity index (χ4n) is 4.59. The number of carbonyl (C=O) groups is 2. The fourth-order valence-corrected chi connectivity index (χ4v) is 4.59. The molecule has 1 aromatic carbocycles. The maximum atomic E-state index is 13.0. The van der Waals surface area contributed by atoms with Gasteiger partial charge in [0.25, 0.3) is 0 Å². The molecule has 0 N–H and O–H groups in total. The number of allylic oxidation sites excluding steroid dienone is 1. The number of ketones is 2. The maximum absolute atomic E-state index is 13.0. The molecular formula is C25H30N2O2. The minimum absolute atomic E-state index is 0.103. The van der Waals surface area contributed by atoms with Gasteiger partial charge in [-0.25, -0.2) is 4.98 Å². The average Bonchev–Trinajstić information content (AvgIpc) is 3.05. The standard InChI is InChI=1S/C25H30N2O2/c1-27-21(17-18-13-9-7-5-3-2-4-6-8-10-14-18)26-22-23(27)25(29)20-16-12-11-15-19(20)24(22)28/h11-12,15-17H,2-10,13-14H2,1H3. The van der Waals surface area contributed by atoms with Crippen LogP contribution in [0.25, 0.3) is 6.08 Å². The van der Waals surface area contributed by atoms with Crippen molar-refractivity contribution in [1.29, 1.82) is 0 Å². The quantitative estimate of drug-likeness (QED) is 0.521. The highest BCUT2D eigenvalue weighted by Crippen LogP contribution is 2.29. The molecule has 29 heavy (non-hydrogen) atoms. The lowest BCUT2D eigenvalue weighted by Gasteiger charge is -2.14. The first kappa shape index (κ1) is 19.8. The van der Waals surface area contributed by atoms with Crippen LogP contribution >= 0.6 is 0 Å². The predicted molar refractivity (Wildman–Crippen MR) is 115 cm³/mol. The van der Waals surface area contributed by atoms with Crippen LogP contribution in [0.4, 0.5) is 0 Å². The van der Waals surface area contributed by atoms with Gasteiger partial charge in [-0.05, 0) is 31.8 Å². The Kier molecular flexibility index (Phi) is 6.08. The molecule has 2 aromatic rings. The molecule has 0 unspecified atom stereocenters. The smallest absolute Gasteiger partial charge is 0.214 e. The van der Waals surface area contributed by atoms with Crippen LogP contribution in [0, 0.1) is 0 Å². The van der Waals surface area contributed by atoms with E-state index in [4.69, 9.17) is 0 Å². The number of hydrogen-bond donors (Lipinski definition) is 0. The Bertz CT molecular complexity index is 938. The third-order valence-corrected chi connectivity index (χ3v) is 6.31. The van der Waals surface area contributed by atoms with Gasteiger partial charge in [-0.15, -0.1) is 0 Å². The summed E-state index contributed by atoms with van der Waals surface area (Å²) in [5, 5.41) is 0. The minimum atomic E-state index is -0.144. The number of nitrogens with zero attached hydrogens (tertiary/aromatic N) is 2. The van der Waals surface area contributed by atoms with Crippen LogP contribution in [0.2, 0.25) is 0 Å². The second-order valence-electron chi connectivity index (χ2n) is 8.41. The molecule has 0 bridgehead atoms. The Balaban J connectivity index is 1.63. The topological polar surface area (TPSA) is 52.0 Å². The van der Waals surface area contributed by atoms with Crippen LogP contribution in [-0.4, -0.2) is 21.1 Å². The van der Waals surface area contributed by atoms with Crippen molar-refractivity contribution >= 4 is 17.6 Å². The van der Waals surface area contributed by atoms with Crippen LogP contribution in [0.1, 0.15) is 109 Å². The SMILES string of the molecule is Cn1c(C=C2CCCCCCCCCCC2)nc2c1C(=O)c1ccccc1C2=O. The van der Waals surface area contributed by atoms with Gasteiger partial charge in [-0.1, -0.05) is 74.8 Å². The molecule has 0 radical (unpaired) electrons. The highest BCUT2D eigenvalue weighted by atomic mass is 16.1. The van der Waals surface area contributed by atoms with Gasteiger partial charge in [-0.2, -0.15) is 0 Å². The van der Waals surface area contributed by atoms with E-state index >= 15 is 0 Å². The number of carbonyl (C=O) groups excluding carboxylic acids is 2. The molecule has 152 valence electrons. The van der Waals surface area contributed by atoms with Gasteiger partial charge in [0, 0.05) is 18.2 Å². The Hall–Kier alpha value is -2.49. The first-order valence-corrected chi connectivity index (χ1v) is 11.1. The molecule has 2 aliphatic carbocycles. The molecule has 4 nitrogen and oxygen atoms in total. The Morgan fingerprint density at radius 2 is 1.31 bits per heavy atom. The molecule has 0 spiro atoms. The lowest BCUT2D eigenvalue weighted by atomic mass is 9.90. The molecule has 0 atom stereocenters. The highest BCUT2D eigenvalue weighted by Gasteiger charge is 2.34. The van der Waals surface area contributed by atoms with Crippen molar-refractivity contribution in [1.82, 2.24) is 9.55 Å². The third kappa shape index (κ3) is 4.12. The minimum Gasteiger partial charge on any atom is -0.324 e. The van der Waals surface area contributed by atoms with Crippen molar-refractivity contribution in [3.63, 3.8) is 0 Å². The maximum Gasteiger partial charge on any atom is 0.214 e. The molecule has 1 heterocycles. The summed E-state index contributed by atoms with van der Waals surface area (Å²) in [7, 11) is 1.85. The van der Waals surface area contributed by atoms with Crippen LogP contribution in [0.5, 0.6) is 0 Å². The van der Waals surface area contributed by atoms with Crippen LogP contribution < -0.4 is 0 Å². The number of rotatable bonds is 1.